The SMILES string of the molecule is COCc1ccccc1NC(=O)NC[C@@H]1CCO[C@H]1C(C)C. The number of para-hydroxylation sites is 1. The highest BCUT2D eigenvalue weighted by molar-refractivity contribution is 5.90. The molecule has 1 aliphatic rings. The van der Waals surface area contributed by atoms with E-state index < -0.39 is 0 Å². The van der Waals surface area contributed by atoms with Crippen LogP contribution < -0.4 is 10.6 Å². The fourth-order valence-corrected chi connectivity index (χ4v) is 2.92. The number of benzene rings is 1. The molecule has 22 heavy (non-hydrogen) atoms. The largest absolute Gasteiger partial charge is 0.380 e. The van der Waals surface area contributed by atoms with E-state index in [2.05, 4.69) is 24.5 Å². The lowest BCUT2D eigenvalue weighted by Crippen LogP contribution is -2.37. The first-order valence-corrected chi connectivity index (χ1v) is 7.85. The van der Waals surface area contributed by atoms with Crippen LogP contribution in [0.3, 0.4) is 0 Å². The van der Waals surface area contributed by atoms with Crippen LogP contribution in [0.4, 0.5) is 10.5 Å². The van der Waals surface area contributed by atoms with Gasteiger partial charge in [-0.1, -0.05) is 32.0 Å². The fraction of sp³-hybridized carbons (Fsp3) is 0.588. The maximum atomic E-state index is 12.1. The van der Waals surface area contributed by atoms with Crippen LogP contribution in [0.25, 0.3) is 0 Å². The van der Waals surface area contributed by atoms with Crippen LogP contribution in [0.1, 0.15) is 25.8 Å². The highest BCUT2D eigenvalue weighted by Crippen LogP contribution is 2.26. The van der Waals surface area contributed by atoms with Crippen LogP contribution >= 0.6 is 0 Å². The molecule has 2 atom stereocenters. The van der Waals surface area contributed by atoms with Crippen molar-refractivity contribution in [1.29, 1.82) is 0 Å². The van der Waals surface area contributed by atoms with E-state index in [1.54, 1.807) is 7.11 Å². The van der Waals surface area contributed by atoms with Gasteiger partial charge >= 0.3 is 6.03 Å². The Balaban J connectivity index is 1.86. The van der Waals surface area contributed by atoms with E-state index in [4.69, 9.17) is 9.47 Å². The molecule has 2 amide bonds. The Labute approximate surface area is 132 Å². The van der Waals surface area contributed by atoms with E-state index in [0.29, 0.717) is 25.0 Å². The molecule has 0 radical (unpaired) electrons. The number of carbonyl (C=O) groups excluding carboxylic acids is 1. The number of hydrogen-bond acceptors (Lipinski definition) is 3. The summed E-state index contributed by atoms with van der Waals surface area (Å²) in [4.78, 5) is 12.1. The molecule has 2 rings (SSSR count). The minimum absolute atomic E-state index is 0.182. The first-order chi connectivity index (χ1) is 10.6. The topological polar surface area (TPSA) is 59.6 Å². The monoisotopic (exact) mass is 306 g/mol. The lowest BCUT2D eigenvalue weighted by Gasteiger charge is -2.22. The van der Waals surface area contributed by atoms with Gasteiger partial charge in [-0.15, -0.1) is 0 Å². The lowest BCUT2D eigenvalue weighted by atomic mass is 9.93. The minimum Gasteiger partial charge on any atom is -0.380 e. The van der Waals surface area contributed by atoms with E-state index in [0.717, 1.165) is 24.3 Å². The Morgan fingerprint density at radius 1 is 1.41 bits per heavy atom. The van der Waals surface area contributed by atoms with Gasteiger partial charge in [-0.2, -0.15) is 0 Å². The number of urea groups is 1. The van der Waals surface area contributed by atoms with Gasteiger partial charge in [0.2, 0.25) is 0 Å². The van der Waals surface area contributed by atoms with Crippen LogP contribution in [0.5, 0.6) is 0 Å². The maximum absolute atomic E-state index is 12.1. The van der Waals surface area contributed by atoms with Crippen molar-refractivity contribution >= 4 is 11.7 Å². The third kappa shape index (κ3) is 4.45. The summed E-state index contributed by atoms with van der Waals surface area (Å²) in [5, 5.41) is 5.85. The lowest BCUT2D eigenvalue weighted by molar-refractivity contribution is 0.0546. The van der Waals surface area contributed by atoms with Crippen LogP contribution in [-0.2, 0) is 16.1 Å². The molecule has 0 bridgehead atoms. The van der Waals surface area contributed by atoms with Gasteiger partial charge in [0.25, 0.3) is 0 Å². The van der Waals surface area contributed by atoms with E-state index in [1.165, 1.54) is 0 Å². The highest BCUT2D eigenvalue weighted by atomic mass is 16.5. The molecule has 0 aliphatic carbocycles. The van der Waals surface area contributed by atoms with Gasteiger partial charge in [0.1, 0.15) is 0 Å². The van der Waals surface area contributed by atoms with Gasteiger partial charge < -0.3 is 20.1 Å². The van der Waals surface area contributed by atoms with E-state index in [-0.39, 0.29) is 12.1 Å². The molecule has 0 saturated carbocycles. The molecule has 5 nitrogen and oxygen atoms in total. The summed E-state index contributed by atoms with van der Waals surface area (Å²) < 4.78 is 10.9. The normalized spacial score (nSPS) is 21.1. The molecule has 1 heterocycles. The summed E-state index contributed by atoms with van der Waals surface area (Å²) in [6.07, 6.45) is 1.24. The zero-order chi connectivity index (χ0) is 15.9. The number of rotatable bonds is 6. The summed E-state index contributed by atoms with van der Waals surface area (Å²) in [6, 6.07) is 7.47. The van der Waals surface area contributed by atoms with Crippen molar-refractivity contribution in [2.24, 2.45) is 11.8 Å². The Bertz CT molecular complexity index is 491. The Morgan fingerprint density at radius 2 is 2.18 bits per heavy atom. The number of amides is 2. The van der Waals surface area contributed by atoms with Crippen molar-refractivity contribution in [3.63, 3.8) is 0 Å². The van der Waals surface area contributed by atoms with Crippen molar-refractivity contribution in [3.05, 3.63) is 29.8 Å². The fourth-order valence-electron chi connectivity index (χ4n) is 2.92. The third-order valence-electron chi connectivity index (χ3n) is 4.01. The van der Waals surface area contributed by atoms with Gasteiger partial charge in [-0.25, -0.2) is 4.79 Å². The van der Waals surface area contributed by atoms with Crippen molar-refractivity contribution in [1.82, 2.24) is 5.32 Å². The quantitative estimate of drug-likeness (QED) is 0.849. The molecule has 0 spiro atoms. The zero-order valence-electron chi connectivity index (χ0n) is 13.6. The number of anilines is 1. The van der Waals surface area contributed by atoms with Gasteiger partial charge in [-0.3, -0.25) is 0 Å². The number of nitrogens with one attached hydrogen (secondary N) is 2. The Hall–Kier alpha value is -1.59. The molecule has 1 aromatic rings. The molecule has 1 saturated heterocycles. The average Bonchev–Trinajstić information content (AvgIpc) is 2.96. The summed E-state index contributed by atoms with van der Waals surface area (Å²) in [6.45, 7) is 6.21. The van der Waals surface area contributed by atoms with Crippen LogP contribution in [0.2, 0.25) is 0 Å². The second-order valence-corrected chi connectivity index (χ2v) is 6.05. The molecule has 0 unspecified atom stereocenters. The number of ether oxygens (including phenoxy) is 2. The standard InChI is InChI=1S/C17H26N2O3/c1-12(2)16-13(8-9-22-16)10-18-17(20)19-15-7-5-4-6-14(15)11-21-3/h4-7,12-13,16H,8-11H2,1-3H3,(H2,18,19,20)/t13-,16-/m0/s1. The van der Waals surface area contributed by atoms with Gasteiger partial charge in [0, 0.05) is 37.4 Å². The molecule has 5 heteroatoms. The van der Waals surface area contributed by atoms with Crippen molar-refractivity contribution in [2.75, 3.05) is 25.6 Å². The van der Waals surface area contributed by atoms with E-state index in [1.807, 2.05) is 24.3 Å². The molecule has 1 fully saturated rings. The number of hydrogen-bond donors (Lipinski definition) is 2. The molecular formula is C17H26N2O3. The smallest absolute Gasteiger partial charge is 0.319 e. The van der Waals surface area contributed by atoms with Crippen LogP contribution in [0.15, 0.2) is 24.3 Å². The summed E-state index contributed by atoms with van der Waals surface area (Å²) >= 11 is 0. The second-order valence-electron chi connectivity index (χ2n) is 6.05. The van der Waals surface area contributed by atoms with E-state index >= 15 is 0 Å². The van der Waals surface area contributed by atoms with Crippen molar-refractivity contribution in [2.45, 2.75) is 33.0 Å². The summed E-state index contributed by atoms with van der Waals surface area (Å²) in [5.74, 6) is 0.861. The van der Waals surface area contributed by atoms with Crippen LogP contribution in [0, 0.1) is 11.8 Å². The minimum atomic E-state index is -0.182. The molecule has 122 valence electrons. The first kappa shape index (κ1) is 16.8. The van der Waals surface area contributed by atoms with Crippen molar-refractivity contribution < 1.29 is 14.3 Å². The Kier molecular flexibility index (Phi) is 6.21. The molecule has 1 aromatic carbocycles. The molecule has 1 aliphatic heterocycles. The average molecular weight is 306 g/mol. The summed E-state index contributed by atoms with van der Waals surface area (Å²) in [5.41, 5.74) is 1.74. The van der Waals surface area contributed by atoms with E-state index in [9.17, 15) is 4.79 Å². The zero-order valence-corrected chi connectivity index (χ0v) is 13.6. The third-order valence-corrected chi connectivity index (χ3v) is 4.01. The number of carbonyl (C=O) groups is 1. The summed E-state index contributed by atoms with van der Waals surface area (Å²) in [7, 11) is 1.64. The maximum Gasteiger partial charge on any atom is 0.319 e. The predicted octanol–water partition coefficient (Wildman–Crippen LogP) is 3.02. The van der Waals surface area contributed by atoms with Crippen molar-refractivity contribution in [3.8, 4) is 0 Å². The second kappa shape index (κ2) is 8.15. The molecular weight excluding hydrogens is 280 g/mol. The first-order valence-electron chi connectivity index (χ1n) is 7.85. The van der Waals surface area contributed by atoms with Crippen LogP contribution in [-0.4, -0.2) is 32.4 Å². The Morgan fingerprint density at radius 3 is 2.91 bits per heavy atom. The predicted molar refractivity (Wildman–Crippen MR) is 86.9 cm³/mol. The highest BCUT2D eigenvalue weighted by Gasteiger charge is 2.30. The number of methoxy groups -OCH3 is 1. The molecule has 2 N–H and O–H groups in total. The van der Waals surface area contributed by atoms with Gasteiger partial charge in [0.15, 0.2) is 0 Å². The molecule has 0 aromatic heterocycles. The van der Waals surface area contributed by atoms with Gasteiger partial charge in [-0.05, 0) is 18.4 Å². The van der Waals surface area contributed by atoms with Gasteiger partial charge in [0.05, 0.1) is 12.7 Å².